The van der Waals surface area contributed by atoms with Crippen LogP contribution in [0.3, 0.4) is 0 Å². The Kier molecular flexibility index (Phi) is 5.27. The molecule has 0 radical (unpaired) electrons. The largest absolute Gasteiger partial charge is 0.508 e. The van der Waals surface area contributed by atoms with Crippen molar-refractivity contribution in [3.8, 4) is 28.3 Å². The smallest absolute Gasteiger partial charge is 0.228 e. The number of carbonyl (C=O) groups excluding carboxylic acids is 1. The molecule has 3 rings (SSSR count). The van der Waals surface area contributed by atoms with Gasteiger partial charge in [0.2, 0.25) is 5.91 Å². The number of carbonyl (C=O) groups is 1. The standard InChI is InChI=1S/C21H21N3O2/c1-3-14(2)21(26)24-20-19(16-9-11-17(25)12-10-16)23-18(13-22-20)15-7-5-4-6-8-15/h4-14,25H,3H2,1-2H3,(H,22,24,26). The number of nitrogens with one attached hydrogen (secondary N) is 1. The van der Waals surface area contributed by atoms with Crippen LogP contribution in [0.25, 0.3) is 22.5 Å². The molecule has 1 heterocycles. The number of aromatic nitrogens is 2. The van der Waals surface area contributed by atoms with E-state index in [1.807, 2.05) is 44.2 Å². The molecule has 5 heteroatoms. The third-order valence-corrected chi connectivity index (χ3v) is 4.28. The SMILES string of the molecule is CCC(C)C(=O)Nc1ncc(-c2ccccc2)nc1-c1ccc(O)cc1. The highest BCUT2D eigenvalue weighted by molar-refractivity contribution is 5.94. The first-order valence-corrected chi connectivity index (χ1v) is 8.61. The summed E-state index contributed by atoms with van der Waals surface area (Å²) in [4.78, 5) is 21.5. The Morgan fingerprint density at radius 1 is 1.08 bits per heavy atom. The minimum atomic E-state index is -0.113. The molecular weight excluding hydrogens is 326 g/mol. The van der Waals surface area contributed by atoms with Crippen LogP contribution in [0.1, 0.15) is 20.3 Å². The van der Waals surface area contributed by atoms with Gasteiger partial charge in [0.15, 0.2) is 5.82 Å². The number of hydrogen-bond donors (Lipinski definition) is 2. The van der Waals surface area contributed by atoms with Gasteiger partial charge in [-0.2, -0.15) is 0 Å². The molecule has 2 N–H and O–H groups in total. The van der Waals surface area contributed by atoms with Crippen LogP contribution >= 0.6 is 0 Å². The van der Waals surface area contributed by atoms with Gasteiger partial charge in [0.1, 0.15) is 11.4 Å². The predicted molar refractivity (Wildman–Crippen MR) is 103 cm³/mol. The van der Waals surface area contributed by atoms with Crippen molar-refractivity contribution in [1.82, 2.24) is 9.97 Å². The lowest BCUT2D eigenvalue weighted by atomic mass is 10.1. The number of phenolic OH excluding ortho intramolecular Hbond substituents is 1. The number of benzene rings is 2. The van der Waals surface area contributed by atoms with E-state index >= 15 is 0 Å². The topological polar surface area (TPSA) is 75.1 Å². The number of aromatic hydroxyl groups is 1. The molecule has 0 saturated carbocycles. The second-order valence-electron chi connectivity index (χ2n) is 6.16. The molecule has 0 bridgehead atoms. The zero-order chi connectivity index (χ0) is 18.5. The van der Waals surface area contributed by atoms with Crippen molar-refractivity contribution in [3.63, 3.8) is 0 Å². The second kappa shape index (κ2) is 7.78. The van der Waals surface area contributed by atoms with E-state index in [4.69, 9.17) is 4.98 Å². The van der Waals surface area contributed by atoms with Crippen molar-refractivity contribution in [2.75, 3.05) is 5.32 Å². The molecule has 5 nitrogen and oxygen atoms in total. The molecule has 0 fully saturated rings. The van der Waals surface area contributed by atoms with Gasteiger partial charge in [-0.25, -0.2) is 9.97 Å². The molecule has 3 aromatic rings. The van der Waals surface area contributed by atoms with E-state index in [0.29, 0.717) is 11.5 Å². The first-order chi connectivity index (χ1) is 12.6. The van der Waals surface area contributed by atoms with Crippen molar-refractivity contribution in [2.24, 2.45) is 5.92 Å². The lowest BCUT2D eigenvalue weighted by Crippen LogP contribution is -2.21. The third-order valence-electron chi connectivity index (χ3n) is 4.28. The molecule has 2 aromatic carbocycles. The van der Waals surface area contributed by atoms with E-state index in [9.17, 15) is 9.90 Å². The Balaban J connectivity index is 2.06. The highest BCUT2D eigenvalue weighted by Gasteiger charge is 2.17. The average Bonchev–Trinajstić information content (AvgIpc) is 2.69. The summed E-state index contributed by atoms with van der Waals surface area (Å²) in [7, 11) is 0. The van der Waals surface area contributed by atoms with Crippen LogP contribution in [0.15, 0.2) is 60.8 Å². The van der Waals surface area contributed by atoms with E-state index < -0.39 is 0 Å². The molecule has 0 spiro atoms. The molecule has 1 unspecified atom stereocenters. The fraction of sp³-hybridized carbons (Fsp3) is 0.190. The summed E-state index contributed by atoms with van der Waals surface area (Å²) in [5, 5.41) is 12.4. The van der Waals surface area contributed by atoms with Crippen molar-refractivity contribution in [2.45, 2.75) is 20.3 Å². The molecule has 132 valence electrons. The Morgan fingerprint density at radius 3 is 2.42 bits per heavy atom. The summed E-state index contributed by atoms with van der Waals surface area (Å²) < 4.78 is 0. The minimum absolute atomic E-state index is 0.0886. The van der Waals surface area contributed by atoms with Crippen molar-refractivity contribution >= 4 is 11.7 Å². The highest BCUT2D eigenvalue weighted by atomic mass is 16.3. The van der Waals surface area contributed by atoms with Crippen LogP contribution in [0.5, 0.6) is 5.75 Å². The Labute approximate surface area is 152 Å². The molecule has 0 aliphatic carbocycles. The summed E-state index contributed by atoms with van der Waals surface area (Å²) >= 11 is 0. The first kappa shape index (κ1) is 17.6. The summed E-state index contributed by atoms with van der Waals surface area (Å²) in [5.74, 6) is 0.388. The lowest BCUT2D eigenvalue weighted by Gasteiger charge is -2.14. The van der Waals surface area contributed by atoms with Gasteiger partial charge in [0.25, 0.3) is 0 Å². The average molecular weight is 347 g/mol. The number of nitrogens with zero attached hydrogens (tertiary/aromatic N) is 2. The first-order valence-electron chi connectivity index (χ1n) is 8.61. The maximum atomic E-state index is 12.3. The monoisotopic (exact) mass is 347 g/mol. The molecule has 0 aliphatic heterocycles. The van der Waals surface area contributed by atoms with Gasteiger partial charge in [-0.1, -0.05) is 44.2 Å². The quantitative estimate of drug-likeness (QED) is 0.712. The van der Waals surface area contributed by atoms with Gasteiger partial charge in [0, 0.05) is 17.0 Å². The molecule has 1 amide bonds. The Bertz CT molecular complexity index is 893. The van der Waals surface area contributed by atoms with Gasteiger partial charge in [-0.15, -0.1) is 0 Å². The number of anilines is 1. The molecule has 0 aliphatic rings. The molecule has 0 saturated heterocycles. The zero-order valence-electron chi connectivity index (χ0n) is 14.8. The second-order valence-corrected chi connectivity index (χ2v) is 6.16. The molecule has 1 aromatic heterocycles. The van der Waals surface area contributed by atoms with Crippen LogP contribution in [-0.2, 0) is 4.79 Å². The van der Waals surface area contributed by atoms with Crippen LogP contribution in [0.4, 0.5) is 5.82 Å². The van der Waals surface area contributed by atoms with E-state index in [0.717, 1.165) is 23.2 Å². The Morgan fingerprint density at radius 2 is 1.77 bits per heavy atom. The molecule has 1 atom stereocenters. The summed E-state index contributed by atoms with van der Waals surface area (Å²) in [5.41, 5.74) is 3.01. The van der Waals surface area contributed by atoms with E-state index in [2.05, 4.69) is 10.3 Å². The lowest BCUT2D eigenvalue weighted by molar-refractivity contribution is -0.119. The maximum absolute atomic E-state index is 12.3. The zero-order valence-corrected chi connectivity index (χ0v) is 14.8. The van der Waals surface area contributed by atoms with Crippen LogP contribution in [0.2, 0.25) is 0 Å². The fourth-order valence-corrected chi connectivity index (χ4v) is 2.47. The summed E-state index contributed by atoms with van der Waals surface area (Å²) in [6.07, 6.45) is 2.40. The van der Waals surface area contributed by atoms with Crippen LogP contribution in [-0.4, -0.2) is 21.0 Å². The van der Waals surface area contributed by atoms with E-state index in [-0.39, 0.29) is 17.6 Å². The van der Waals surface area contributed by atoms with Gasteiger partial charge in [-0.3, -0.25) is 4.79 Å². The molecular formula is C21H21N3O2. The van der Waals surface area contributed by atoms with Crippen molar-refractivity contribution in [3.05, 3.63) is 60.8 Å². The highest BCUT2D eigenvalue weighted by Crippen LogP contribution is 2.29. The number of amides is 1. The van der Waals surface area contributed by atoms with Crippen LogP contribution < -0.4 is 5.32 Å². The van der Waals surface area contributed by atoms with Gasteiger partial charge < -0.3 is 10.4 Å². The van der Waals surface area contributed by atoms with Gasteiger partial charge in [-0.05, 0) is 30.7 Å². The van der Waals surface area contributed by atoms with Gasteiger partial charge in [0.05, 0.1) is 11.9 Å². The maximum Gasteiger partial charge on any atom is 0.228 e. The summed E-state index contributed by atoms with van der Waals surface area (Å²) in [6, 6.07) is 16.4. The summed E-state index contributed by atoms with van der Waals surface area (Å²) in [6.45, 7) is 3.84. The third kappa shape index (κ3) is 3.88. The van der Waals surface area contributed by atoms with Gasteiger partial charge >= 0.3 is 0 Å². The fourth-order valence-electron chi connectivity index (χ4n) is 2.47. The number of rotatable bonds is 5. The number of hydrogen-bond acceptors (Lipinski definition) is 4. The van der Waals surface area contributed by atoms with Crippen LogP contribution in [0, 0.1) is 5.92 Å². The van der Waals surface area contributed by atoms with E-state index in [1.54, 1.807) is 30.5 Å². The van der Waals surface area contributed by atoms with E-state index in [1.165, 1.54) is 0 Å². The molecule has 26 heavy (non-hydrogen) atoms. The predicted octanol–water partition coefficient (Wildman–Crippen LogP) is 4.50. The Hall–Kier alpha value is -3.21. The minimum Gasteiger partial charge on any atom is -0.508 e. The van der Waals surface area contributed by atoms with Crippen molar-refractivity contribution < 1.29 is 9.90 Å². The normalized spacial score (nSPS) is 11.8. The van der Waals surface area contributed by atoms with Crippen molar-refractivity contribution in [1.29, 1.82) is 0 Å². The number of phenols is 1.